The topological polar surface area (TPSA) is 61.4 Å². The monoisotopic (exact) mass is 442 g/mol. The Bertz CT molecular complexity index is 1340. The van der Waals surface area contributed by atoms with Gasteiger partial charge in [0.1, 0.15) is 11.5 Å². The Morgan fingerprint density at radius 2 is 2.12 bits per heavy atom. The fourth-order valence-corrected chi connectivity index (χ4v) is 4.62. The molecule has 2 aromatic heterocycles. The molecule has 0 radical (unpaired) electrons. The quantitative estimate of drug-likeness (QED) is 0.498. The summed E-state index contributed by atoms with van der Waals surface area (Å²) in [6.07, 6.45) is 14.0. The number of fused-ring (bicyclic) bond motifs is 1. The lowest BCUT2D eigenvalue weighted by Crippen LogP contribution is -2.23. The molecule has 6 heteroatoms. The molecule has 1 atom stereocenters. The highest BCUT2D eigenvalue weighted by Crippen LogP contribution is 2.34. The third kappa shape index (κ3) is 4.42. The first-order valence-electron chi connectivity index (χ1n) is 11.6. The Kier molecular flexibility index (Phi) is 5.75. The van der Waals surface area contributed by atoms with Gasteiger partial charge in [-0.15, -0.1) is 0 Å². The van der Waals surface area contributed by atoms with Crippen molar-refractivity contribution < 1.29 is 4.74 Å². The number of rotatable bonds is 7. The number of hydrogen-bond donors (Lipinski definition) is 0. The summed E-state index contributed by atoms with van der Waals surface area (Å²) >= 11 is 0. The number of aliphatic imine (C=N–C) groups is 1. The summed E-state index contributed by atoms with van der Waals surface area (Å²) in [5.41, 5.74) is 5.46. The van der Waals surface area contributed by atoms with E-state index in [9.17, 15) is 4.79 Å². The maximum atomic E-state index is 12.9. The van der Waals surface area contributed by atoms with Crippen molar-refractivity contribution in [1.82, 2.24) is 14.1 Å². The fraction of sp³-hybridized carbons (Fsp3) is 0.370. The molecule has 5 rings (SSSR count). The summed E-state index contributed by atoms with van der Waals surface area (Å²) in [6.45, 7) is 2.95. The van der Waals surface area contributed by atoms with E-state index in [0.29, 0.717) is 12.3 Å². The number of benzene rings is 1. The van der Waals surface area contributed by atoms with Gasteiger partial charge in [-0.2, -0.15) is 0 Å². The third-order valence-corrected chi connectivity index (χ3v) is 6.56. The number of pyridine rings is 1. The minimum absolute atomic E-state index is 0.0851. The van der Waals surface area contributed by atoms with Crippen molar-refractivity contribution in [2.24, 2.45) is 18.0 Å². The van der Waals surface area contributed by atoms with Crippen molar-refractivity contribution >= 4 is 17.2 Å². The Morgan fingerprint density at radius 1 is 1.27 bits per heavy atom. The number of aromatic nitrogens is 3. The van der Waals surface area contributed by atoms with E-state index >= 15 is 0 Å². The lowest BCUT2D eigenvalue weighted by molar-refractivity contribution is 0.435. The van der Waals surface area contributed by atoms with E-state index in [0.717, 1.165) is 46.8 Å². The van der Waals surface area contributed by atoms with Gasteiger partial charge in [-0.05, 0) is 67.5 Å². The van der Waals surface area contributed by atoms with Crippen LogP contribution in [0.1, 0.15) is 42.0 Å². The number of allylic oxidation sites excluding steroid dienone is 3. The number of nitrogens with zero attached hydrogens (tertiary/aromatic N) is 4. The average molecular weight is 443 g/mol. The first-order chi connectivity index (χ1) is 16.0. The average Bonchev–Trinajstić information content (AvgIpc) is 3.61. The summed E-state index contributed by atoms with van der Waals surface area (Å²) in [7, 11) is 3.64. The van der Waals surface area contributed by atoms with Gasteiger partial charge in [0.05, 0.1) is 11.0 Å². The Labute approximate surface area is 193 Å². The zero-order valence-corrected chi connectivity index (χ0v) is 19.5. The summed E-state index contributed by atoms with van der Waals surface area (Å²) in [4.78, 5) is 21.3. The number of aryl methyl sites for hydroxylation is 2. The highest BCUT2D eigenvalue weighted by Gasteiger charge is 2.25. The van der Waals surface area contributed by atoms with Crippen LogP contribution in [0.4, 0.5) is 0 Å². The SMILES string of the molecule is CN=CCc1cc(OC2=CC(c3cc(C)c4c(c3)n(C)c(=O)n4CC3CC3)CC=C2)ccn1. The highest BCUT2D eigenvalue weighted by molar-refractivity contribution is 5.81. The smallest absolute Gasteiger partial charge is 0.328 e. The molecular formula is C27H30N4O2. The van der Waals surface area contributed by atoms with Crippen molar-refractivity contribution in [2.75, 3.05) is 7.05 Å². The molecule has 6 nitrogen and oxygen atoms in total. The standard InChI is InChI=1S/C27H30N4O2/c1-18-13-21(15-25-26(18)31(17-19-7-8-19)27(32)30(25)3)20-5-4-6-23(14-20)33-24-10-12-29-22(16-24)9-11-28-2/h4,6,10-16,19-20H,5,7-9,17H2,1-3H3. The van der Waals surface area contributed by atoms with E-state index in [1.807, 2.05) is 36.0 Å². The van der Waals surface area contributed by atoms with Crippen LogP contribution >= 0.6 is 0 Å². The second-order valence-corrected chi connectivity index (χ2v) is 9.14. The molecule has 0 N–H and O–H groups in total. The van der Waals surface area contributed by atoms with Gasteiger partial charge in [0.25, 0.3) is 0 Å². The molecule has 1 saturated carbocycles. The Hall–Kier alpha value is -3.41. The van der Waals surface area contributed by atoms with E-state index in [1.165, 1.54) is 18.4 Å². The van der Waals surface area contributed by atoms with E-state index in [1.54, 1.807) is 17.8 Å². The minimum Gasteiger partial charge on any atom is -0.458 e. The normalized spacial score (nSPS) is 18.3. The second kappa shape index (κ2) is 8.85. The van der Waals surface area contributed by atoms with Gasteiger partial charge in [-0.3, -0.25) is 14.1 Å². The molecule has 1 aromatic carbocycles. The molecule has 2 heterocycles. The number of hydrogen-bond acceptors (Lipinski definition) is 4. The number of ether oxygens (including phenoxy) is 1. The van der Waals surface area contributed by atoms with Crippen LogP contribution in [-0.2, 0) is 20.0 Å². The molecule has 1 unspecified atom stereocenters. The van der Waals surface area contributed by atoms with Gasteiger partial charge >= 0.3 is 5.69 Å². The molecule has 0 spiro atoms. The van der Waals surface area contributed by atoms with Crippen molar-refractivity contribution in [1.29, 1.82) is 0 Å². The second-order valence-electron chi connectivity index (χ2n) is 9.14. The van der Waals surface area contributed by atoms with Gasteiger partial charge in [0, 0.05) is 57.2 Å². The molecule has 1 fully saturated rings. The molecular weight excluding hydrogens is 412 g/mol. The van der Waals surface area contributed by atoms with E-state index in [-0.39, 0.29) is 11.6 Å². The van der Waals surface area contributed by atoms with Crippen molar-refractivity contribution in [3.05, 3.63) is 81.8 Å². The van der Waals surface area contributed by atoms with Crippen LogP contribution in [0.3, 0.4) is 0 Å². The molecule has 170 valence electrons. The van der Waals surface area contributed by atoms with Crippen molar-refractivity contribution in [3.63, 3.8) is 0 Å². The van der Waals surface area contributed by atoms with Crippen LogP contribution < -0.4 is 10.4 Å². The zero-order valence-electron chi connectivity index (χ0n) is 19.5. The molecule has 0 bridgehead atoms. The largest absolute Gasteiger partial charge is 0.458 e. The molecule has 0 aliphatic heterocycles. The van der Waals surface area contributed by atoms with Crippen LogP contribution in [0, 0.1) is 12.8 Å². The van der Waals surface area contributed by atoms with Crippen LogP contribution in [0.5, 0.6) is 5.75 Å². The molecule has 0 amide bonds. The van der Waals surface area contributed by atoms with E-state index in [2.05, 4.69) is 41.2 Å². The van der Waals surface area contributed by atoms with Crippen LogP contribution in [0.25, 0.3) is 11.0 Å². The third-order valence-electron chi connectivity index (χ3n) is 6.56. The molecule has 2 aliphatic rings. The van der Waals surface area contributed by atoms with Crippen LogP contribution in [0.2, 0.25) is 0 Å². The minimum atomic E-state index is 0.0851. The lowest BCUT2D eigenvalue weighted by atomic mass is 9.90. The zero-order chi connectivity index (χ0) is 22.9. The van der Waals surface area contributed by atoms with Crippen LogP contribution in [-0.4, -0.2) is 27.4 Å². The molecule has 33 heavy (non-hydrogen) atoms. The first kappa shape index (κ1) is 21.4. The van der Waals surface area contributed by atoms with Crippen molar-refractivity contribution in [3.8, 4) is 5.75 Å². The van der Waals surface area contributed by atoms with Crippen molar-refractivity contribution in [2.45, 2.75) is 45.1 Å². The van der Waals surface area contributed by atoms with Gasteiger partial charge in [0.2, 0.25) is 0 Å². The van der Waals surface area contributed by atoms with Gasteiger partial charge < -0.3 is 9.73 Å². The summed E-state index contributed by atoms with van der Waals surface area (Å²) in [6, 6.07) is 8.24. The van der Waals surface area contributed by atoms with Gasteiger partial charge in [0.15, 0.2) is 0 Å². The highest BCUT2D eigenvalue weighted by atomic mass is 16.5. The van der Waals surface area contributed by atoms with Gasteiger partial charge in [-0.25, -0.2) is 4.79 Å². The number of imidazole rings is 1. The Balaban J connectivity index is 1.43. The molecule has 2 aliphatic carbocycles. The lowest BCUT2D eigenvalue weighted by Gasteiger charge is -2.19. The van der Waals surface area contributed by atoms with E-state index < -0.39 is 0 Å². The molecule has 3 aromatic rings. The molecule has 0 saturated heterocycles. The maximum absolute atomic E-state index is 12.9. The summed E-state index contributed by atoms with van der Waals surface area (Å²) in [5.74, 6) is 2.45. The van der Waals surface area contributed by atoms with Gasteiger partial charge in [-0.1, -0.05) is 12.1 Å². The predicted molar refractivity (Wildman–Crippen MR) is 132 cm³/mol. The fourth-order valence-electron chi connectivity index (χ4n) is 4.62. The van der Waals surface area contributed by atoms with Crippen LogP contribution in [0.15, 0.2) is 64.2 Å². The first-order valence-corrected chi connectivity index (χ1v) is 11.6. The Morgan fingerprint density at radius 3 is 2.91 bits per heavy atom. The summed E-state index contributed by atoms with van der Waals surface area (Å²) < 4.78 is 9.94. The maximum Gasteiger partial charge on any atom is 0.328 e. The summed E-state index contributed by atoms with van der Waals surface area (Å²) in [5, 5.41) is 0. The predicted octanol–water partition coefficient (Wildman–Crippen LogP) is 4.70. The van der Waals surface area contributed by atoms with E-state index in [4.69, 9.17) is 4.74 Å².